The molecule has 1 amide bonds. The molecule has 1 fully saturated rings. The molecule has 4 aromatic rings. The topological polar surface area (TPSA) is 123 Å². The van der Waals surface area contributed by atoms with Crippen LogP contribution in [0.3, 0.4) is 0 Å². The fraction of sp³-hybridized carbons (Fsp3) is 0.250. The van der Waals surface area contributed by atoms with E-state index in [-0.39, 0.29) is 5.91 Å². The maximum Gasteiger partial charge on any atom is 0.251 e. The number of hydrogen-bond donors (Lipinski definition) is 3. The molecule has 0 saturated heterocycles. The Balaban J connectivity index is 1.43. The second kappa shape index (κ2) is 8.89. The molecule has 1 aliphatic carbocycles. The molecule has 0 atom stereocenters. The molecule has 0 radical (unpaired) electrons. The van der Waals surface area contributed by atoms with Gasteiger partial charge in [0.25, 0.3) is 5.91 Å². The van der Waals surface area contributed by atoms with Gasteiger partial charge in [0, 0.05) is 35.0 Å². The zero-order valence-corrected chi connectivity index (χ0v) is 19.0. The molecule has 0 bridgehead atoms. The molecule has 2 heterocycles. The standard InChI is InChI=1S/C24H24N6O4/c1-32-17-10-16(11-18(33-2)20(17)34-3)27-22-19-23(26-12-25-22)30-21(29-19)13-4-6-14(7-5-13)24(31)28-15-8-9-15/h4-7,10-12,15H,8-9H2,1-3H3,(H,28,31)(H2,25,26,27,29,30). The van der Waals surface area contributed by atoms with Crippen LogP contribution in [0, 0.1) is 0 Å². The third-order valence-corrected chi connectivity index (χ3v) is 5.55. The van der Waals surface area contributed by atoms with E-state index < -0.39 is 0 Å². The first-order chi connectivity index (χ1) is 16.6. The summed E-state index contributed by atoms with van der Waals surface area (Å²) in [6, 6.07) is 11.2. The Bertz CT molecular complexity index is 1320. The summed E-state index contributed by atoms with van der Waals surface area (Å²) in [5.41, 5.74) is 3.30. The summed E-state index contributed by atoms with van der Waals surface area (Å²) in [5.74, 6) is 2.65. The Hall–Kier alpha value is -4.34. The average molecular weight is 460 g/mol. The van der Waals surface area contributed by atoms with Gasteiger partial charge in [-0.3, -0.25) is 4.79 Å². The molecule has 174 valence electrons. The van der Waals surface area contributed by atoms with Crippen LogP contribution >= 0.6 is 0 Å². The Morgan fingerprint density at radius 1 is 1.00 bits per heavy atom. The molecule has 10 nitrogen and oxygen atoms in total. The molecule has 1 aliphatic rings. The molecule has 0 spiro atoms. The number of carbonyl (C=O) groups is 1. The van der Waals surface area contributed by atoms with Crippen molar-refractivity contribution >= 4 is 28.6 Å². The summed E-state index contributed by atoms with van der Waals surface area (Å²) in [6.45, 7) is 0. The average Bonchev–Trinajstić information content (AvgIpc) is 3.57. The molecule has 3 N–H and O–H groups in total. The first-order valence-corrected chi connectivity index (χ1v) is 10.8. The Morgan fingerprint density at radius 2 is 1.71 bits per heavy atom. The van der Waals surface area contributed by atoms with Crippen molar-refractivity contribution in [2.75, 3.05) is 26.6 Å². The van der Waals surface area contributed by atoms with E-state index in [1.807, 2.05) is 12.1 Å². The lowest BCUT2D eigenvalue weighted by molar-refractivity contribution is 0.0951. The number of ether oxygens (including phenoxy) is 3. The fourth-order valence-electron chi connectivity index (χ4n) is 3.63. The normalized spacial score (nSPS) is 12.9. The van der Waals surface area contributed by atoms with Gasteiger partial charge in [-0.15, -0.1) is 0 Å². The number of aromatic amines is 1. The zero-order valence-electron chi connectivity index (χ0n) is 19.0. The Labute approximate surface area is 195 Å². The van der Waals surface area contributed by atoms with Crippen molar-refractivity contribution in [1.29, 1.82) is 0 Å². The van der Waals surface area contributed by atoms with E-state index in [0.717, 1.165) is 18.4 Å². The van der Waals surface area contributed by atoms with Crippen molar-refractivity contribution < 1.29 is 19.0 Å². The molecular weight excluding hydrogens is 436 g/mol. The van der Waals surface area contributed by atoms with E-state index in [4.69, 9.17) is 14.2 Å². The van der Waals surface area contributed by atoms with E-state index >= 15 is 0 Å². The maximum atomic E-state index is 12.2. The van der Waals surface area contributed by atoms with E-state index in [9.17, 15) is 4.79 Å². The second-order valence-electron chi connectivity index (χ2n) is 7.87. The van der Waals surface area contributed by atoms with Gasteiger partial charge in [0.15, 0.2) is 23.0 Å². The van der Waals surface area contributed by atoms with Crippen LogP contribution in [0.5, 0.6) is 17.2 Å². The van der Waals surface area contributed by atoms with Gasteiger partial charge in [0.1, 0.15) is 17.7 Å². The Morgan fingerprint density at radius 3 is 2.32 bits per heavy atom. The van der Waals surface area contributed by atoms with Crippen LogP contribution in [0.2, 0.25) is 0 Å². The predicted molar refractivity (Wildman–Crippen MR) is 127 cm³/mol. The van der Waals surface area contributed by atoms with E-state index in [1.165, 1.54) is 6.33 Å². The lowest BCUT2D eigenvalue weighted by atomic mass is 10.1. The van der Waals surface area contributed by atoms with Crippen molar-refractivity contribution in [2.24, 2.45) is 0 Å². The fourth-order valence-corrected chi connectivity index (χ4v) is 3.63. The summed E-state index contributed by atoms with van der Waals surface area (Å²) < 4.78 is 16.2. The van der Waals surface area contributed by atoms with Crippen molar-refractivity contribution in [3.8, 4) is 28.6 Å². The van der Waals surface area contributed by atoms with Gasteiger partial charge in [-0.1, -0.05) is 12.1 Å². The maximum absolute atomic E-state index is 12.2. The van der Waals surface area contributed by atoms with Crippen LogP contribution in [-0.2, 0) is 0 Å². The summed E-state index contributed by atoms with van der Waals surface area (Å²) >= 11 is 0. The van der Waals surface area contributed by atoms with Gasteiger partial charge >= 0.3 is 0 Å². The van der Waals surface area contributed by atoms with Gasteiger partial charge in [0.2, 0.25) is 5.75 Å². The van der Waals surface area contributed by atoms with E-state index in [2.05, 4.69) is 30.6 Å². The van der Waals surface area contributed by atoms with Crippen LogP contribution in [0.25, 0.3) is 22.6 Å². The minimum Gasteiger partial charge on any atom is -0.493 e. The van der Waals surface area contributed by atoms with Crippen molar-refractivity contribution in [3.05, 3.63) is 48.3 Å². The monoisotopic (exact) mass is 460 g/mol. The number of carbonyl (C=O) groups excluding carboxylic acids is 1. The molecule has 1 saturated carbocycles. The SMILES string of the molecule is COc1cc(Nc2ncnc3nc(-c4ccc(C(=O)NC5CC5)cc4)[nH]c23)cc(OC)c1OC. The van der Waals surface area contributed by atoms with Gasteiger partial charge < -0.3 is 29.8 Å². The Kier molecular flexibility index (Phi) is 5.62. The third kappa shape index (κ3) is 4.17. The minimum absolute atomic E-state index is 0.0543. The number of hydrogen-bond acceptors (Lipinski definition) is 8. The van der Waals surface area contributed by atoms with Gasteiger partial charge in [-0.2, -0.15) is 0 Å². The summed E-state index contributed by atoms with van der Waals surface area (Å²) in [7, 11) is 4.68. The quantitative estimate of drug-likeness (QED) is 0.364. The van der Waals surface area contributed by atoms with Crippen LogP contribution in [0.15, 0.2) is 42.7 Å². The number of nitrogens with zero attached hydrogens (tertiary/aromatic N) is 3. The number of fused-ring (bicyclic) bond motifs is 1. The molecule has 34 heavy (non-hydrogen) atoms. The summed E-state index contributed by atoms with van der Waals surface area (Å²) in [4.78, 5) is 28.8. The first-order valence-electron chi connectivity index (χ1n) is 10.8. The van der Waals surface area contributed by atoms with Gasteiger partial charge in [-0.05, 0) is 25.0 Å². The van der Waals surface area contributed by atoms with Crippen LogP contribution in [0.4, 0.5) is 11.5 Å². The highest BCUT2D eigenvalue weighted by Crippen LogP contribution is 2.40. The molecular formula is C24H24N6O4. The number of aromatic nitrogens is 4. The number of rotatable bonds is 8. The lowest BCUT2D eigenvalue weighted by Gasteiger charge is -2.14. The third-order valence-electron chi connectivity index (χ3n) is 5.55. The lowest BCUT2D eigenvalue weighted by Crippen LogP contribution is -2.25. The minimum atomic E-state index is -0.0543. The van der Waals surface area contributed by atoms with Crippen molar-refractivity contribution in [2.45, 2.75) is 18.9 Å². The largest absolute Gasteiger partial charge is 0.493 e. The molecule has 2 aromatic carbocycles. The summed E-state index contributed by atoms with van der Waals surface area (Å²) in [6.07, 6.45) is 3.55. The zero-order chi connectivity index (χ0) is 23.7. The van der Waals surface area contributed by atoms with Gasteiger partial charge in [-0.25, -0.2) is 15.0 Å². The molecule has 10 heteroatoms. The van der Waals surface area contributed by atoms with Crippen LogP contribution in [0.1, 0.15) is 23.2 Å². The highest BCUT2D eigenvalue weighted by atomic mass is 16.5. The smallest absolute Gasteiger partial charge is 0.251 e. The molecule has 5 rings (SSSR count). The van der Waals surface area contributed by atoms with Crippen molar-refractivity contribution in [1.82, 2.24) is 25.3 Å². The number of amides is 1. The van der Waals surface area contributed by atoms with E-state index in [1.54, 1.807) is 45.6 Å². The second-order valence-corrected chi connectivity index (χ2v) is 7.87. The van der Waals surface area contributed by atoms with Gasteiger partial charge in [0.05, 0.1) is 21.3 Å². The number of benzene rings is 2. The number of imidazole rings is 1. The first kappa shape index (κ1) is 21.5. The number of nitrogens with one attached hydrogen (secondary N) is 3. The highest BCUT2D eigenvalue weighted by molar-refractivity contribution is 5.95. The number of methoxy groups -OCH3 is 3. The van der Waals surface area contributed by atoms with E-state index in [0.29, 0.717) is 57.3 Å². The van der Waals surface area contributed by atoms with Crippen molar-refractivity contribution in [3.63, 3.8) is 0 Å². The highest BCUT2D eigenvalue weighted by Gasteiger charge is 2.23. The predicted octanol–water partition coefficient (Wildman–Crippen LogP) is 3.68. The number of H-pyrrole nitrogens is 1. The molecule has 2 aromatic heterocycles. The van der Waals surface area contributed by atoms with Crippen LogP contribution < -0.4 is 24.8 Å². The molecule has 0 unspecified atom stereocenters. The molecule has 0 aliphatic heterocycles. The summed E-state index contributed by atoms with van der Waals surface area (Å²) in [5, 5.41) is 6.26. The van der Waals surface area contributed by atoms with Crippen LogP contribution in [-0.4, -0.2) is 53.2 Å². The number of anilines is 2.